The fourth-order valence-corrected chi connectivity index (χ4v) is 3.55. The first-order chi connectivity index (χ1) is 9.86. The average Bonchev–Trinajstić information content (AvgIpc) is 3.21. The van der Waals surface area contributed by atoms with Crippen molar-refractivity contribution >= 4 is 23.6 Å². The van der Waals surface area contributed by atoms with Gasteiger partial charge < -0.3 is 10.2 Å². The molecule has 5 heteroatoms. The van der Waals surface area contributed by atoms with Gasteiger partial charge in [-0.05, 0) is 42.1 Å². The minimum atomic E-state index is -0.390. The molecule has 2 rings (SSSR count). The zero-order chi connectivity index (χ0) is 15.6. The van der Waals surface area contributed by atoms with Crippen molar-refractivity contribution in [3.05, 3.63) is 0 Å². The van der Waals surface area contributed by atoms with Crippen LogP contribution in [0.3, 0.4) is 0 Å². The minimum absolute atomic E-state index is 0.0557. The Kier molecular flexibility index (Phi) is 5.23. The van der Waals surface area contributed by atoms with Crippen molar-refractivity contribution in [2.24, 2.45) is 11.3 Å². The molecule has 2 atom stereocenters. The lowest BCUT2D eigenvalue weighted by atomic mass is 9.83. The third-order valence-corrected chi connectivity index (χ3v) is 5.23. The van der Waals surface area contributed by atoms with Gasteiger partial charge in [0.05, 0.1) is 0 Å². The summed E-state index contributed by atoms with van der Waals surface area (Å²) in [4.78, 5) is 27.2. The van der Waals surface area contributed by atoms with E-state index in [4.69, 9.17) is 0 Å². The summed E-state index contributed by atoms with van der Waals surface area (Å²) in [6.07, 6.45) is 3.12. The van der Waals surface area contributed by atoms with Gasteiger partial charge >= 0.3 is 0 Å². The molecule has 1 saturated heterocycles. The molecular formula is C16H28N2O2S. The first-order valence-electron chi connectivity index (χ1n) is 8.05. The lowest BCUT2D eigenvalue weighted by Gasteiger charge is -2.43. The van der Waals surface area contributed by atoms with Crippen molar-refractivity contribution < 1.29 is 9.59 Å². The van der Waals surface area contributed by atoms with Gasteiger partial charge in [-0.3, -0.25) is 9.59 Å². The van der Waals surface area contributed by atoms with Crippen LogP contribution in [-0.4, -0.2) is 46.8 Å². The van der Waals surface area contributed by atoms with E-state index in [1.54, 1.807) is 0 Å². The fraction of sp³-hybridized carbons (Fsp3) is 0.875. The van der Waals surface area contributed by atoms with E-state index in [1.165, 1.54) is 0 Å². The average molecular weight is 312 g/mol. The molecule has 0 bridgehead atoms. The number of carbonyl (C=O) groups excluding carboxylic acids is 2. The molecule has 0 aromatic heterocycles. The Hall–Kier alpha value is -0.710. The van der Waals surface area contributed by atoms with E-state index in [0.29, 0.717) is 12.5 Å². The molecule has 0 aromatic carbocycles. The molecule has 2 fully saturated rings. The standard InChI is InChI=1S/C16H28N2O2S/c1-5-21-10-6-9-18-12(11-7-8-11)14(19)17-13(15(18)20)16(2,3)4/h11-13H,5-10H2,1-4H3,(H,17,19). The summed E-state index contributed by atoms with van der Waals surface area (Å²) in [7, 11) is 0. The summed E-state index contributed by atoms with van der Waals surface area (Å²) in [6.45, 7) is 8.90. The van der Waals surface area contributed by atoms with E-state index >= 15 is 0 Å². The predicted octanol–water partition coefficient (Wildman–Crippen LogP) is 2.28. The highest BCUT2D eigenvalue weighted by molar-refractivity contribution is 7.99. The molecule has 21 heavy (non-hydrogen) atoms. The van der Waals surface area contributed by atoms with Crippen LogP contribution in [-0.2, 0) is 9.59 Å². The number of rotatable bonds is 6. The van der Waals surface area contributed by atoms with Crippen LogP contribution in [0.25, 0.3) is 0 Å². The topological polar surface area (TPSA) is 49.4 Å². The van der Waals surface area contributed by atoms with Crippen molar-refractivity contribution in [2.45, 2.75) is 59.0 Å². The first-order valence-corrected chi connectivity index (χ1v) is 9.20. The molecule has 0 aromatic rings. The van der Waals surface area contributed by atoms with Gasteiger partial charge in [0.2, 0.25) is 11.8 Å². The van der Waals surface area contributed by atoms with Crippen LogP contribution < -0.4 is 5.32 Å². The Morgan fingerprint density at radius 2 is 1.95 bits per heavy atom. The van der Waals surface area contributed by atoms with Crippen LogP contribution in [0.4, 0.5) is 0 Å². The third-order valence-electron chi connectivity index (χ3n) is 4.25. The molecule has 120 valence electrons. The third kappa shape index (κ3) is 3.93. The number of thioether (sulfide) groups is 1. The molecule has 4 nitrogen and oxygen atoms in total. The summed E-state index contributed by atoms with van der Waals surface area (Å²) in [6, 6.07) is -0.610. The van der Waals surface area contributed by atoms with Crippen LogP contribution in [0.5, 0.6) is 0 Å². The molecule has 2 amide bonds. The van der Waals surface area contributed by atoms with Crippen molar-refractivity contribution in [2.75, 3.05) is 18.1 Å². The molecule has 2 aliphatic rings. The van der Waals surface area contributed by atoms with E-state index < -0.39 is 0 Å². The van der Waals surface area contributed by atoms with E-state index in [0.717, 1.165) is 30.8 Å². The van der Waals surface area contributed by atoms with Crippen molar-refractivity contribution in [3.8, 4) is 0 Å². The number of amides is 2. The number of carbonyl (C=O) groups is 2. The van der Waals surface area contributed by atoms with Crippen LogP contribution in [0.2, 0.25) is 0 Å². The van der Waals surface area contributed by atoms with E-state index in [-0.39, 0.29) is 29.3 Å². The van der Waals surface area contributed by atoms with E-state index in [9.17, 15) is 9.59 Å². The molecule has 2 unspecified atom stereocenters. The van der Waals surface area contributed by atoms with Crippen LogP contribution in [0.15, 0.2) is 0 Å². The van der Waals surface area contributed by atoms with Gasteiger partial charge in [-0.15, -0.1) is 0 Å². The maximum atomic E-state index is 12.8. The summed E-state index contributed by atoms with van der Waals surface area (Å²) in [5.74, 6) is 2.71. The molecule has 0 spiro atoms. The van der Waals surface area contributed by atoms with Gasteiger partial charge in [-0.1, -0.05) is 27.7 Å². The van der Waals surface area contributed by atoms with Crippen LogP contribution >= 0.6 is 11.8 Å². The van der Waals surface area contributed by atoms with Crippen molar-refractivity contribution in [1.82, 2.24) is 10.2 Å². The molecule has 1 saturated carbocycles. The maximum Gasteiger partial charge on any atom is 0.246 e. The van der Waals surface area contributed by atoms with Gasteiger partial charge in [0.25, 0.3) is 0 Å². The van der Waals surface area contributed by atoms with E-state index in [1.807, 2.05) is 37.4 Å². The Bertz CT molecular complexity index is 402. The molecule has 1 N–H and O–H groups in total. The summed E-state index contributed by atoms with van der Waals surface area (Å²) >= 11 is 1.89. The normalized spacial score (nSPS) is 27.0. The maximum absolute atomic E-state index is 12.8. The largest absolute Gasteiger partial charge is 0.342 e. The highest BCUT2D eigenvalue weighted by atomic mass is 32.2. The summed E-state index contributed by atoms with van der Waals surface area (Å²) in [5, 5.41) is 2.97. The second kappa shape index (κ2) is 6.59. The van der Waals surface area contributed by atoms with Gasteiger partial charge in [0.15, 0.2) is 0 Å². The van der Waals surface area contributed by atoms with Gasteiger partial charge in [-0.25, -0.2) is 0 Å². The monoisotopic (exact) mass is 312 g/mol. The first kappa shape index (κ1) is 16.7. The molecular weight excluding hydrogens is 284 g/mol. The number of nitrogens with zero attached hydrogens (tertiary/aromatic N) is 1. The SMILES string of the molecule is CCSCCCN1C(=O)C(C(C)(C)C)NC(=O)C1C1CC1. The minimum Gasteiger partial charge on any atom is -0.342 e. The zero-order valence-electron chi connectivity index (χ0n) is 13.6. The smallest absolute Gasteiger partial charge is 0.246 e. The quantitative estimate of drug-likeness (QED) is 0.766. The van der Waals surface area contributed by atoms with Crippen LogP contribution in [0.1, 0.15) is 47.0 Å². The Balaban J connectivity index is 2.09. The zero-order valence-corrected chi connectivity index (χ0v) is 14.5. The number of nitrogens with one attached hydrogen (secondary N) is 1. The highest BCUT2D eigenvalue weighted by Gasteiger charge is 2.50. The van der Waals surface area contributed by atoms with Gasteiger partial charge in [-0.2, -0.15) is 11.8 Å². The number of hydrogen-bond donors (Lipinski definition) is 1. The molecule has 1 aliphatic carbocycles. The summed E-state index contributed by atoms with van der Waals surface area (Å²) in [5.41, 5.74) is -0.238. The molecule has 0 radical (unpaired) electrons. The fourth-order valence-electron chi connectivity index (χ4n) is 2.93. The van der Waals surface area contributed by atoms with Crippen molar-refractivity contribution in [3.63, 3.8) is 0 Å². The number of hydrogen-bond acceptors (Lipinski definition) is 3. The Morgan fingerprint density at radius 1 is 1.29 bits per heavy atom. The molecule has 1 aliphatic heterocycles. The highest BCUT2D eigenvalue weighted by Crippen LogP contribution is 2.38. The molecule has 1 heterocycles. The van der Waals surface area contributed by atoms with Crippen molar-refractivity contribution in [1.29, 1.82) is 0 Å². The lowest BCUT2D eigenvalue weighted by molar-refractivity contribution is -0.153. The number of piperazine rings is 1. The Labute approximate surface area is 132 Å². The predicted molar refractivity (Wildman–Crippen MR) is 87.2 cm³/mol. The lowest BCUT2D eigenvalue weighted by Crippen LogP contribution is -2.67. The van der Waals surface area contributed by atoms with Gasteiger partial charge in [0, 0.05) is 6.54 Å². The Morgan fingerprint density at radius 3 is 2.48 bits per heavy atom. The van der Waals surface area contributed by atoms with Gasteiger partial charge in [0.1, 0.15) is 12.1 Å². The summed E-state index contributed by atoms with van der Waals surface area (Å²) < 4.78 is 0. The second-order valence-corrected chi connectivity index (χ2v) is 8.57. The second-order valence-electron chi connectivity index (χ2n) is 7.17. The van der Waals surface area contributed by atoms with E-state index in [2.05, 4.69) is 12.2 Å². The van der Waals surface area contributed by atoms with Crippen LogP contribution in [0, 0.1) is 11.3 Å².